The van der Waals surface area contributed by atoms with E-state index in [2.05, 4.69) is 0 Å². The van der Waals surface area contributed by atoms with Crippen LogP contribution in [0.1, 0.15) is 43.9 Å². The molecule has 3 aliphatic rings. The molecule has 0 aromatic heterocycles. The number of carbonyl (C=O) groups excluding carboxylic acids is 3. The molecule has 0 spiro atoms. The largest absolute Gasteiger partial charge is 0.488 e. The van der Waals surface area contributed by atoms with E-state index >= 15 is 0 Å². The minimum absolute atomic E-state index is 0.0128. The molecule has 2 aromatic carbocycles. The second kappa shape index (κ2) is 11.7. The highest BCUT2D eigenvalue weighted by Crippen LogP contribution is 2.48. The second-order valence-electron chi connectivity index (χ2n) is 10.0. The summed E-state index contributed by atoms with van der Waals surface area (Å²) in [6, 6.07) is 13.0. The zero-order valence-corrected chi connectivity index (χ0v) is 23.2. The predicted molar refractivity (Wildman–Crippen MR) is 140 cm³/mol. The monoisotopic (exact) mass is 574 g/mol. The fraction of sp³-hybridized carbons (Fsp3) is 0.483. The van der Waals surface area contributed by atoms with E-state index in [0.29, 0.717) is 30.2 Å². The standard InChI is InChI=1S/C29H31ClO10/c1-16(31)36-26-25-15-35-29(40-25,28(38-18(3)33)27(26)37-17(2)32)21-6-9-24(30)20(13-21)12-19-4-7-22(8-5-19)39-23-10-11-34-14-23/h4-9,13,23,25-28H,10-12,14-15H2,1-3H3/t23-,25+,26+,27-,28+,29+/m0/s1. The van der Waals surface area contributed by atoms with Crippen LogP contribution in [0.4, 0.5) is 0 Å². The number of hydrogen-bond donors (Lipinski definition) is 0. The van der Waals surface area contributed by atoms with Gasteiger partial charge in [0.1, 0.15) is 18.0 Å². The lowest BCUT2D eigenvalue weighted by molar-refractivity contribution is -0.309. The number of halogens is 1. The van der Waals surface area contributed by atoms with Gasteiger partial charge in [-0.25, -0.2) is 0 Å². The smallest absolute Gasteiger partial charge is 0.303 e. The topological polar surface area (TPSA) is 116 Å². The molecule has 11 heteroatoms. The number of benzene rings is 2. The zero-order valence-electron chi connectivity index (χ0n) is 22.4. The van der Waals surface area contributed by atoms with Crippen molar-refractivity contribution in [3.63, 3.8) is 0 Å². The van der Waals surface area contributed by atoms with Crippen molar-refractivity contribution in [3.8, 4) is 5.75 Å². The summed E-state index contributed by atoms with van der Waals surface area (Å²) in [7, 11) is 0. The Bertz CT molecular complexity index is 1260. The van der Waals surface area contributed by atoms with Gasteiger partial charge in [0.05, 0.1) is 19.8 Å². The number of esters is 3. The van der Waals surface area contributed by atoms with E-state index in [4.69, 9.17) is 44.8 Å². The second-order valence-corrected chi connectivity index (χ2v) is 10.5. The van der Waals surface area contributed by atoms with Crippen molar-refractivity contribution in [2.45, 2.75) is 69.9 Å². The summed E-state index contributed by atoms with van der Waals surface area (Å²) in [5, 5.41) is 0.521. The first kappa shape index (κ1) is 28.4. The number of rotatable bonds is 8. The van der Waals surface area contributed by atoms with Gasteiger partial charge in [-0.3, -0.25) is 14.4 Å². The fourth-order valence-electron chi connectivity index (χ4n) is 5.34. The van der Waals surface area contributed by atoms with Crippen LogP contribution in [0.5, 0.6) is 5.75 Å². The summed E-state index contributed by atoms with van der Waals surface area (Å²) in [6.45, 7) is 4.98. The summed E-state index contributed by atoms with van der Waals surface area (Å²) >= 11 is 6.59. The molecular weight excluding hydrogens is 544 g/mol. The van der Waals surface area contributed by atoms with Gasteiger partial charge in [-0.15, -0.1) is 0 Å². The van der Waals surface area contributed by atoms with Crippen molar-refractivity contribution in [1.82, 2.24) is 0 Å². The molecule has 0 radical (unpaired) electrons. The van der Waals surface area contributed by atoms with Crippen LogP contribution in [0.25, 0.3) is 0 Å². The van der Waals surface area contributed by atoms with Gasteiger partial charge in [0.2, 0.25) is 11.9 Å². The highest BCUT2D eigenvalue weighted by molar-refractivity contribution is 6.31. The molecule has 0 unspecified atom stereocenters. The summed E-state index contributed by atoms with van der Waals surface area (Å²) in [4.78, 5) is 36.1. The van der Waals surface area contributed by atoms with E-state index in [1.54, 1.807) is 12.1 Å². The quantitative estimate of drug-likeness (QED) is 0.343. The molecule has 3 aliphatic heterocycles. The Balaban J connectivity index is 1.44. The molecule has 2 bridgehead atoms. The minimum Gasteiger partial charge on any atom is -0.488 e. The van der Waals surface area contributed by atoms with E-state index in [9.17, 15) is 14.4 Å². The summed E-state index contributed by atoms with van der Waals surface area (Å²) in [5.74, 6) is -2.75. The maximum Gasteiger partial charge on any atom is 0.303 e. The molecule has 0 aliphatic carbocycles. The van der Waals surface area contributed by atoms with Gasteiger partial charge in [-0.2, -0.15) is 0 Å². The molecule has 0 saturated carbocycles. The van der Waals surface area contributed by atoms with Crippen LogP contribution < -0.4 is 4.74 Å². The van der Waals surface area contributed by atoms with E-state index < -0.39 is 48.1 Å². The maximum absolute atomic E-state index is 12.2. The average Bonchev–Trinajstić information content (AvgIpc) is 3.56. The van der Waals surface area contributed by atoms with Gasteiger partial charge in [0.15, 0.2) is 12.2 Å². The first-order valence-corrected chi connectivity index (χ1v) is 13.5. The van der Waals surface area contributed by atoms with Gasteiger partial charge < -0.3 is 33.2 Å². The molecule has 2 aromatic rings. The number of ether oxygens (including phenoxy) is 7. The Morgan fingerprint density at radius 3 is 2.27 bits per heavy atom. The zero-order chi connectivity index (χ0) is 28.4. The van der Waals surface area contributed by atoms with Crippen LogP contribution in [-0.2, 0) is 55.0 Å². The van der Waals surface area contributed by atoms with Crippen LogP contribution in [0.2, 0.25) is 5.02 Å². The SMILES string of the molecule is CC(=O)O[C@H]1[C@H](OC(C)=O)[C@H]2CO[C@](c3ccc(Cl)c(Cc4ccc(O[C@H]5CCOC5)cc4)c3)(O2)[C@@H]1OC(C)=O. The number of hydrogen-bond acceptors (Lipinski definition) is 10. The lowest BCUT2D eigenvalue weighted by Crippen LogP contribution is -2.62. The van der Waals surface area contributed by atoms with Crippen LogP contribution in [0.3, 0.4) is 0 Å². The third-order valence-electron chi connectivity index (χ3n) is 7.01. The van der Waals surface area contributed by atoms with Crippen LogP contribution in [0, 0.1) is 0 Å². The van der Waals surface area contributed by atoms with Crippen molar-refractivity contribution in [2.24, 2.45) is 0 Å². The molecule has 10 nitrogen and oxygen atoms in total. The minimum atomic E-state index is -1.62. The molecule has 3 saturated heterocycles. The lowest BCUT2D eigenvalue weighted by Gasteiger charge is -2.45. The fourth-order valence-corrected chi connectivity index (χ4v) is 5.52. The summed E-state index contributed by atoms with van der Waals surface area (Å²) < 4.78 is 40.4. The van der Waals surface area contributed by atoms with Gasteiger partial charge in [0.25, 0.3) is 0 Å². The first-order chi connectivity index (χ1) is 19.1. The lowest BCUT2D eigenvalue weighted by atomic mass is 9.88. The van der Waals surface area contributed by atoms with Crippen LogP contribution in [-0.4, -0.2) is 68.2 Å². The average molecular weight is 575 g/mol. The highest BCUT2D eigenvalue weighted by Gasteiger charge is 2.65. The van der Waals surface area contributed by atoms with Crippen molar-refractivity contribution < 1.29 is 47.5 Å². The molecule has 214 valence electrons. The molecule has 5 rings (SSSR count). The van der Waals surface area contributed by atoms with Crippen molar-refractivity contribution in [3.05, 3.63) is 64.2 Å². The summed E-state index contributed by atoms with van der Waals surface area (Å²) in [6.07, 6.45) is -2.82. The Hall–Kier alpha value is -3.18. The number of carbonyl (C=O) groups is 3. The molecule has 40 heavy (non-hydrogen) atoms. The Morgan fingerprint density at radius 2 is 1.62 bits per heavy atom. The third kappa shape index (κ3) is 5.95. The highest BCUT2D eigenvalue weighted by atomic mass is 35.5. The third-order valence-corrected chi connectivity index (χ3v) is 7.37. The van der Waals surface area contributed by atoms with Gasteiger partial charge in [-0.1, -0.05) is 29.8 Å². The van der Waals surface area contributed by atoms with Crippen molar-refractivity contribution in [1.29, 1.82) is 0 Å². The van der Waals surface area contributed by atoms with Crippen molar-refractivity contribution in [2.75, 3.05) is 19.8 Å². The summed E-state index contributed by atoms with van der Waals surface area (Å²) in [5.41, 5.74) is 2.28. The van der Waals surface area contributed by atoms with E-state index in [0.717, 1.165) is 23.3 Å². The Morgan fingerprint density at radius 1 is 0.925 bits per heavy atom. The Labute approximate surface area is 236 Å². The molecule has 0 amide bonds. The van der Waals surface area contributed by atoms with Gasteiger partial charge >= 0.3 is 17.9 Å². The van der Waals surface area contributed by atoms with Crippen LogP contribution >= 0.6 is 11.6 Å². The molecular formula is C29H31ClO10. The molecule has 0 N–H and O–H groups in total. The number of fused-ring (bicyclic) bond motifs is 2. The van der Waals surface area contributed by atoms with Crippen molar-refractivity contribution >= 4 is 29.5 Å². The predicted octanol–water partition coefficient (Wildman–Crippen LogP) is 3.48. The van der Waals surface area contributed by atoms with E-state index in [1.807, 2.05) is 30.3 Å². The first-order valence-electron chi connectivity index (χ1n) is 13.1. The van der Waals surface area contributed by atoms with E-state index in [-0.39, 0.29) is 12.7 Å². The molecule has 6 atom stereocenters. The van der Waals surface area contributed by atoms with Gasteiger partial charge in [0, 0.05) is 37.8 Å². The maximum atomic E-state index is 12.2. The van der Waals surface area contributed by atoms with Gasteiger partial charge in [-0.05, 0) is 41.8 Å². The Kier molecular flexibility index (Phi) is 8.32. The van der Waals surface area contributed by atoms with E-state index in [1.165, 1.54) is 20.8 Å². The van der Waals surface area contributed by atoms with Crippen LogP contribution in [0.15, 0.2) is 42.5 Å². The normalized spacial score (nSPS) is 29.1. The molecule has 3 fully saturated rings. The molecule has 3 heterocycles.